The molecule has 0 aliphatic heterocycles. The zero-order chi connectivity index (χ0) is 15.5. The molecule has 114 valence electrons. The molecular weight excluding hydrogens is 261 g/mol. The first-order chi connectivity index (χ1) is 9.92. The number of rotatable bonds is 6. The average molecular weight is 287 g/mol. The number of hydrogen-bond donors (Lipinski definition) is 1. The summed E-state index contributed by atoms with van der Waals surface area (Å²) in [6, 6.07) is 11.3. The van der Waals surface area contributed by atoms with Crippen molar-refractivity contribution in [2.75, 3.05) is 13.1 Å². The highest BCUT2D eigenvalue weighted by Crippen LogP contribution is 2.33. The number of halogens is 1. The van der Waals surface area contributed by atoms with Gasteiger partial charge in [-0.2, -0.15) is 0 Å². The molecule has 0 fully saturated rings. The summed E-state index contributed by atoms with van der Waals surface area (Å²) in [5, 5.41) is 5.25. The predicted molar refractivity (Wildman–Crippen MR) is 89.3 cm³/mol. The molecule has 0 aliphatic rings. The van der Waals surface area contributed by atoms with Crippen LogP contribution in [0.3, 0.4) is 0 Å². The molecule has 0 spiro atoms. The first-order valence-corrected chi connectivity index (χ1v) is 7.80. The van der Waals surface area contributed by atoms with Crippen molar-refractivity contribution in [3.05, 3.63) is 47.8 Å². The van der Waals surface area contributed by atoms with Gasteiger partial charge in [-0.05, 0) is 47.9 Å². The van der Waals surface area contributed by atoms with Crippen LogP contribution in [0.15, 0.2) is 36.4 Å². The van der Waals surface area contributed by atoms with Gasteiger partial charge in [0.25, 0.3) is 0 Å². The molecule has 0 unspecified atom stereocenters. The number of fused-ring (bicyclic) bond motifs is 1. The van der Waals surface area contributed by atoms with Gasteiger partial charge >= 0.3 is 0 Å². The molecule has 1 N–H and O–H groups in total. The number of benzene rings is 2. The lowest BCUT2D eigenvalue weighted by Gasteiger charge is -2.27. The van der Waals surface area contributed by atoms with Gasteiger partial charge in [0.1, 0.15) is 5.82 Å². The minimum Gasteiger partial charge on any atom is -0.316 e. The third-order valence-corrected chi connectivity index (χ3v) is 4.08. The lowest BCUT2D eigenvalue weighted by Crippen LogP contribution is -2.28. The van der Waals surface area contributed by atoms with Crippen LogP contribution < -0.4 is 5.32 Å². The van der Waals surface area contributed by atoms with Gasteiger partial charge in [-0.1, -0.05) is 58.0 Å². The van der Waals surface area contributed by atoms with Crippen LogP contribution in [-0.4, -0.2) is 13.1 Å². The van der Waals surface area contributed by atoms with Gasteiger partial charge in [-0.3, -0.25) is 0 Å². The van der Waals surface area contributed by atoms with E-state index in [1.54, 1.807) is 6.07 Å². The lowest BCUT2D eigenvalue weighted by atomic mass is 9.79. The second-order valence-corrected chi connectivity index (χ2v) is 6.87. The third kappa shape index (κ3) is 3.82. The molecule has 0 bridgehead atoms. The molecule has 0 saturated heterocycles. The second kappa shape index (κ2) is 6.57. The van der Waals surface area contributed by atoms with Crippen LogP contribution in [0.25, 0.3) is 10.8 Å². The van der Waals surface area contributed by atoms with Gasteiger partial charge < -0.3 is 5.32 Å². The summed E-state index contributed by atoms with van der Waals surface area (Å²) in [4.78, 5) is 0. The highest BCUT2D eigenvalue weighted by atomic mass is 19.1. The predicted octanol–water partition coefficient (Wildman–Crippen LogP) is 4.89. The van der Waals surface area contributed by atoms with E-state index in [2.05, 4.69) is 33.0 Å². The third-order valence-electron chi connectivity index (χ3n) is 4.08. The van der Waals surface area contributed by atoms with E-state index >= 15 is 0 Å². The van der Waals surface area contributed by atoms with E-state index in [0.29, 0.717) is 5.92 Å². The van der Waals surface area contributed by atoms with E-state index < -0.39 is 0 Å². The van der Waals surface area contributed by atoms with E-state index in [1.165, 1.54) is 5.56 Å². The zero-order valence-corrected chi connectivity index (χ0v) is 13.5. The summed E-state index contributed by atoms with van der Waals surface area (Å²) in [5.74, 6) is 0.530. The smallest absolute Gasteiger partial charge is 0.131 e. The Morgan fingerprint density at radius 2 is 1.71 bits per heavy atom. The maximum Gasteiger partial charge on any atom is 0.131 e. The van der Waals surface area contributed by atoms with Gasteiger partial charge in [0.05, 0.1) is 0 Å². The first kappa shape index (κ1) is 16.0. The van der Waals surface area contributed by atoms with Crippen molar-refractivity contribution in [2.45, 2.75) is 39.5 Å². The second-order valence-electron chi connectivity index (χ2n) is 6.87. The minimum absolute atomic E-state index is 0.0251. The van der Waals surface area contributed by atoms with E-state index in [1.807, 2.05) is 30.3 Å². The Morgan fingerprint density at radius 3 is 2.38 bits per heavy atom. The Hall–Kier alpha value is -1.41. The molecule has 1 nitrogen and oxygen atoms in total. The SMILES string of the molecule is CC(C)CNCCC(C)(C)c1ccc(F)c2ccccc12. The summed E-state index contributed by atoms with van der Waals surface area (Å²) < 4.78 is 13.9. The van der Waals surface area contributed by atoms with Crippen LogP contribution >= 0.6 is 0 Å². The summed E-state index contributed by atoms with van der Waals surface area (Å²) in [5.41, 5.74) is 1.25. The van der Waals surface area contributed by atoms with Crippen LogP contribution in [0, 0.1) is 11.7 Å². The molecule has 0 radical (unpaired) electrons. The molecule has 2 aromatic rings. The average Bonchev–Trinajstić information content (AvgIpc) is 2.44. The van der Waals surface area contributed by atoms with E-state index in [0.717, 1.165) is 30.3 Å². The molecule has 0 saturated carbocycles. The summed E-state index contributed by atoms with van der Waals surface area (Å²) >= 11 is 0. The van der Waals surface area contributed by atoms with Crippen molar-refractivity contribution < 1.29 is 4.39 Å². The molecule has 0 aromatic heterocycles. The van der Waals surface area contributed by atoms with Crippen molar-refractivity contribution in [3.8, 4) is 0 Å². The van der Waals surface area contributed by atoms with Gasteiger partial charge in [0, 0.05) is 5.39 Å². The monoisotopic (exact) mass is 287 g/mol. The Kier molecular flexibility index (Phi) is 5.00. The van der Waals surface area contributed by atoms with Crippen molar-refractivity contribution in [2.24, 2.45) is 5.92 Å². The molecule has 0 aliphatic carbocycles. The summed E-state index contributed by atoms with van der Waals surface area (Å²) in [6.07, 6.45) is 1.04. The van der Waals surface area contributed by atoms with Crippen molar-refractivity contribution >= 4 is 10.8 Å². The number of hydrogen-bond acceptors (Lipinski definition) is 1. The lowest BCUT2D eigenvalue weighted by molar-refractivity contribution is 0.444. The van der Waals surface area contributed by atoms with Gasteiger partial charge in [-0.15, -0.1) is 0 Å². The minimum atomic E-state index is -0.136. The van der Waals surface area contributed by atoms with Gasteiger partial charge in [-0.25, -0.2) is 4.39 Å². The van der Waals surface area contributed by atoms with E-state index in [4.69, 9.17) is 0 Å². The van der Waals surface area contributed by atoms with Crippen LogP contribution in [0.5, 0.6) is 0 Å². The van der Waals surface area contributed by atoms with Gasteiger partial charge in [0.2, 0.25) is 0 Å². The van der Waals surface area contributed by atoms with Crippen molar-refractivity contribution in [1.82, 2.24) is 5.32 Å². The van der Waals surface area contributed by atoms with E-state index in [9.17, 15) is 4.39 Å². The standard InChI is InChI=1S/C19H26FN/c1-14(2)13-21-12-11-19(3,4)17-9-10-18(20)16-8-6-5-7-15(16)17/h5-10,14,21H,11-13H2,1-4H3. The molecule has 21 heavy (non-hydrogen) atoms. The highest BCUT2D eigenvalue weighted by molar-refractivity contribution is 5.87. The Bertz CT molecular complexity index is 602. The molecular formula is C19H26FN. The maximum atomic E-state index is 13.9. The topological polar surface area (TPSA) is 12.0 Å². The molecule has 2 aromatic carbocycles. The van der Waals surface area contributed by atoms with Crippen LogP contribution in [0.1, 0.15) is 39.7 Å². The molecule has 0 amide bonds. The maximum absolute atomic E-state index is 13.9. The summed E-state index contributed by atoms with van der Waals surface area (Å²) in [6.45, 7) is 10.9. The Labute approximate surface area is 127 Å². The molecule has 0 heterocycles. The summed E-state index contributed by atoms with van der Waals surface area (Å²) in [7, 11) is 0. The van der Waals surface area contributed by atoms with Gasteiger partial charge in [0.15, 0.2) is 0 Å². The molecule has 2 heteroatoms. The first-order valence-electron chi connectivity index (χ1n) is 7.80. The molecule has 2 rings (SSSR count). The fraction of sp³-hybridized carbons (Fsp3) is 0.474. The zero-order valence-electron chi connectivity index (χ0n) is 13.5. The van der Waals surface area contributed by atoms with Crippen molar-refractivity contribution in [1.29, 1.82) is 0 Å². The normalized spacial score (nSPS) is 12.3. The quantitative estimate of drug-likeness (QED) is 0.746. The number of nitrogens with one attached hydrogen (secondary N) is 1. The Balaban J connectivity index is 2.22. The fourth-order valence-corrected chi connectivity index (χ4v) is 2.78. The van der Waals surface area contributed by atoms with E-state index in [-0.39, 0.29) is 11.2 Å². The highest BCUT2D eigenvalue weighted by Gasteiger charge is 2.23. The van der Waals surface area contributed by atoms with Crippen LogP contribution in [-0.2, 0) is 5.41 Å². The Morgan fingerprint density at radius 1 is 1.05 bits per heavy atom. The fourth-order valence-electron chi connectivity index (χ4n) is 2.78. The van der Waals surface area contributed by atoms with Crippen LogP contribution in [0.4, 0.5) is 4.39 Å². The largest absolute Gasteiger partial charge is 0.316 e. The van der Waals surface area contributed by atoms with Crippen LogP contribution in [0.2, 0.25) is 0 Å². The molecule has 0 atom stereocenters. The van der Waals surface area contributed by atoms with Crippen molar-refractivity contribution in [3.63, 3.8) is 0 Å².